The molecule has 0 saturated carbocycles. The van der Waals surface area contributed by atoms with Crippen LogP contribution in [0.5, 0.6) is 0 Å². The zero-order valence-corrected chi connectivity index (χ0v) is 17.1. The zero-order chi connectivity index (χ0) is 22.5. The van der Waals surface area contributed by atoms with Crippen LogP contribution in [0.1, 0.15) is 29.2 Å². The Hall–Kier alpha value is -4.14. The van der Waals surface area contributed by atoms with Crippen LogP contribution in [0.3, 0.4) is 0 Å². The lowest BCUT2D eigenvalue weighted by atomic mass is 9.98. The van der Waals surface area contributed by atoms with Gasteiger partial charge in [-0.15, -0.1) is 0 Å². The number of ether oxygens (including phenoxy) is 1. The summed E-state index contributed by atoms with van der Waals surface area (Å²) in [4.78, 5) is 42.7. The van der Waals surface area contributed by atoms with Crippen molar-refractivity contribution in [1.29, 1.82) is 0 Å². The Kier molecular flexibility index (Phi) is 6.16. The van der Waals surface area contributed by atoms with Gasteiger partial charge in [-0.25, -0.2) is 9.78 Å². The lowest BCUT2D eigenvalue weighted by molar-refractivity contribution is -0.139. The molecule has 0 aliphatic heterocycles. The number of aliphatic carboxylic acids is 1. The lowest BCUT2D eigenvalue weighted by Gasteiger charge is -2.18. The number of hydrogen-bond donors (Lipinski definition) is 4. The summed E-state index contributed by atoms with van der Waals surface area (Å²) >= 11 is 0. The van der Waals surface area contributed by atoms with Crippen LogP contribution in [0.2, 0.25) is 0 Å². The predicted octanol–water partition coefficient (Wildman–Crippen LogP) is 2.41. The number of imidazole rings is 1. The van der Waals surface area contributed by atoms with Gasteiger partial charge in [0.05, 0.1) is 25.0 Å². The maximum atomic E-state index is 12.4. The number of carboxylic acid groups (broad SMARTS) is 1. The molecule has 9 nitrogen and oxygen atoms in total. The molecule has 0 spiro atoms. The fourth-order valence-electron chi connectivity index (χ4n) is 3.85. The molecule has 1 unspecified atom stereocenters. The molecule has 0 radical (unpaired) electrons. The topological polar surface area (TPSA) is 133 Å². The molecule has 0 fully saturated rings. The standard InChI is InChI=1S/C23H22N4O5/c28-21(29)9-20(22(30)25-11-14-10-24-13-26-14)27-23(31)32-12-19-17-7-3-1-5-15(17)16-6-2-4-8-18(16)19/h1-8,10,13,19-20H,9,11-12H2,(H,24,26)(H,25,30)(H,27,31)(H,28,29). The van der Waals surface area contributed by atoms with E-state index in [1.54, 1.807) is 0 Å². The van der Waals surface area contributed by atoms with Crippen molar-refractivity contribution in [3.63, 3.8) is 0 Å². The summed E-state index contributed by atoms with van der Waals surface area (Å²) in [7, 11) is 0. The van der Waals surface area contributed by atoms with Crippen LogP contribution in [0.4, 0.5) is 4.79 Å². The lowest BCUT2D eigenvalue weighted by Crippen LogP contribution is -2.48. The highest BCUT2D eigenvalue weighted by Crippen LogP contribution is 2.44. The van der Waals surface area contributed by atoms with E-state index in [4.69, 9.17) is 9.84 Å². The summed E-state index contributed by atoms with van der Waals surface area (Å²) < 4.78 is 5.41. The Morgan fingerprint density at radius 1 is 1.06 bits per heavy atom. The fourth-order valence-corrected chi connectivity index (χ4v) is 3.85. The second kappa shape index (κ2) is 9.34. The van der Waals surface area contributed by atoms with Gasteiger partial charge >= 0.3 is 12.1 Å². The van der Waals surface area contributed by atoms with E-state index in [0.717, 1.165) is 22.3 Å². The second-order valence-electron chi connectivity index (χ2n) is 7.41. The van der Waals surface area contributed by atoms with Crippen LogP contribution in [-0.2, 0) is 20.9 Å². The normalized spacial score (nSPS) is 13.0. The van der Waals surface area contributed by atoms with Crippen LogP contribution >= 0.6 is 0 Å². The second-order valence-corrected chi connectivity index (χ2v) is 7.41. The average molecular weight is 434 g/mol. The number of aromatic nitrogens is 2. The number of alkyl carbamates (subject to hydrolysis) is 1. The van der Waals surface area contributed by atoms with E-state index in [1.165, 1.54) is 12.5 Å². The van der Waals surface area contributed by atoms with Crippen molar-refractivity contribution in [3.8, 4) is 11.1 Å². The SMILES string of the molecule is O=C(O)CC(NC(=O)OCC1c2ccccc2-c2ccccc21)C(=O)NCc1cnc[nH]1. The third-order valence-electron chi connectivity index (χ3n) is 5.34. The molecular weight excluding hydrogens is 412 g/mol. The van der Waals surface area contributed by atoms with E-state index < -0.39 is 30.4 Å². The molecule has 1 aromatic heterocycles. The van der Waals surface area contributed by atoms with Crippen molar-refractivity contribution in [2.75, 3.05) is 6.61 Å². The van der Waals surface area contributed by atoms with Gasteiger partial charge < -0.3 is 25.5 Å². The first kappa shape index (κ1) is 21.1. The molecule has 2 amide bonds. The first-order chi connectivity index (χ1) is 15.5. The average Bonchev–Trinajstić information content (AvgIpc) is 3.41. The molecule has 0 saturated heterocycles. The van der Waals surface area contributed by atoms with Gasteiger partial charge in [0.25, 0.3) is 0 Å². The van der Waals surface area contributed by atoms with Crippen LogP contribution in [0.15, 0.2) is 61.1 Å². The number of H-pyrrole nitrogens is 1. The Morgan fingerprint density at radius 3 is 2.31 bits per heavy atom. The highest BCUT2D eigenvalue weighted by molar-refractivity contribution is 5.89. The van der Waals surface area contributed by atoms with E-state index in [0.29, 0.717) is 5.69 Å². The van der Waals surface area contributed by atoms with Gasteiger partial charge in [-0.1, -0.05) is 48.5 Å². The third-order valence-corrected chi connectivity index (χ3v) is 5.34. The Balaban J connectivity index is 1.39. The molecule has 4 N–H and O–H groups in total. The highest BCUT2D eigenvalue weighted by atomic mass is 16.5. The summed E-state index contributed by atoms with van der Waals surface area (Å²) in [5.74, 6) is -1.98. The molecule has 164 valence electrons. The molecule has 1 heterocycles. The summed E-state index contributed by atoms with van der Waals surface area (Å²) in [6.07, 6.45) is 1.57. The number of nitrogens with zero attached hydrogens (tertiary/aromatic N) is 1. The Labute approximate surface area is 183 Å². The number of hydrogen-bond acceptors (Lipinski definition) is 5. The summed E-state index contributed by atoms with van der Waals surface area (Å²) in [6.45, 7) is 0.191. The number of carbonyl (C=O) groups excluding carboxylic acids is 2. The van der Waals surface area contributed by atoms with Gasteiger partial charge in [-0.3, -0.25) is 9.59 Å². The van der Waals surface area contributed by atoms with Crippen molar-refractivity contribution in [2.45, 2.75) is 24.9 Å². The summed E-state index contributed by atoms with van der Waals surface area (Å²) in [5.41, 5.74) is 4.95. The molecular formula is C23H22N4O5. The number of benzene rings is 2. The summed E-state index contributed by atoms with van der Waals surface area (Å²) in [6, 6.07) is 14.6. The van der Waals surface area contributed by atoms with Gasteiger partial charge in [-0.05, 0) is 22.3 Å². The van der Waals surface area contributed by atoms with Crippen LogP contribution in [0, 0.1) is 0 Å². The van der Waals surface area contributed by atoms with Crippen molar-refractivity contribution < 1.29 is 24.2 Å². The maximum absolute atomic E-state index is 12.4. The minimum absolute atomic E-state index is 0.0649. The van der Waals surface area contributed by atoms with E-state index in [2.05, 4.69) is 20.6 Å². The van der Waals surface area contributed by atoms with E-state index in [1.807, 2.05) is 48.5 Å². The quantitative estimate of drug-likeness (QED) is 0.430. The van der Waals surface area contributed by atoms with Gasteiger partial charge in [0, 0.05) is 12.1 Å². The van der Waals surface area contributed by atoms with Crippen molar-refractivity contribution in [3.05, 3.63) is 77.9 Å². The number of fused-ring (bicyclic) bond motifs is 3. The van der Waals surface area contributed by atoms with E-state index in [9.17, 15) is 14.4 Å². The number of carbonyl (C=O) groups is 3. The van der Waals surface area contributed by atoms with Gasteiger partial charge in [0.2, 0.25) is 5.91 Å². The predicted molar refractivity (Wildman–Crippen MR) is 115 cm³/mol. The molecule has 0 bridgehead atoms. The summed E-state index contributed by atoms with van der Waals surface area (Å²) in [5, 5.41) is 14.1. The molecule has 4 rings (SSSR count). The van der Waals surface area contributed by atoms with E-state index >= 15 is 0 Å². The smallest absolute Gasteiger partial charge is 0.407 e. The van der Waals surface area contributed by atoms with Gasteiger partial charge in [0.1, 0.15) is 12.6 Å². The maximum Gasteiger partial charge on any atom is 0.407 e. The number of amides is 2. The van der Waals surface area contributed by atoms with Crippen LogP contribution < -0.4 is 10.6 Å². The molecule has 1 atom stereocenters. The fraction of sp³-hybridized carbons (Fsp3) is 0.217. The largest absolute Gasteiger partial charge is 0.481 e. The zero-order valence-electron chi connectivity index (χ0n) is 17.1. The first-order valence-corrected chi connectivity index (χ1v) is 10.1. The molecule has 1 aliphatic rings. The molecule has 3 aromatic rings. The molecule has 9 heteroatoms. The number of nitrogens with one attached hydrogen (secondary N) is 3. The minimum Gasteiger partial charge on any atom is -0.481 e. The van der Waals surface area contributed by atoms with Gasteiger partial charge in [-0.2, -0.15) is 0 Å². The first-order valence-electron chi connectivity index (χ1n) is 10.1. The Morgan fingerprint density at radius 2 is 1.72 bits per heavy atom. The van der Waals surface area contributed by atoms with Crippen LogP contribution in [0.25, 0.3) is 11.1 Å². The van der Waals surface area contributed by atoms with Crippen LogP contribution in [-0.4, -0.2) is 45.7 Å². The highest BCUT2D eigenvalue weighted by Gasteiger charge is 2.30. The Bertz CT molecular complexity index is 1080. The number of carboxylic acids is 1. The van der Waals surface area contributed by atoms with Gasteiger partial charge in [0.15, 0.2) is 0 Å². The molecule has 2 aromatic carbocycles. The third kappa shape index (κ3) is 4.61. The number of rotatable bonds is 8. The monoisotopic (exact) mass is 434 g/mol. The van der Waals surface area contributed by atoms with Crippen molar-refractivity contribution >= 4 is 18.0 Å². The van der Waals surface area contributed by atoms with Crippen molar-refractivity contribution in [1.82, 2.24) is 20.6 Å². The minimum atomic E-state index is -1.27. The molecule has 1 aliphatic carbocycles. The molecule has 32 heavy (non-hydrogen) atoms. The van der Waals surface area contributed by atoms with Crippen molar-refractivity contribution in [2.24, 2.45) is 0 Å². The number of aromatic amines is 1. The van der Waals surface area contributed by atoms with E-state index in [-0.39, 0.29) is 19.1 Å².